The Hall–Kier alpha value is -1.77. The molecule has 0 atom stereocenters. The van der Waals surface area contributed by atoms with Crippen molar-refractivity contribution in [3.05, 3.63) is 29.6 Å². The molecule has 0 N–H and O–H groups in total. The first-order valence-corrected chi connectivity index (χ1v) is 12.6. The molecule has 0 spiro atoms. The topological polar surface area (TPSA) is 55.7 Å². The molecular formula is C23H33N5O2S. The van der Waals surface area contributed by atoms with E-state index in [9.17, 15) is 0 Å². The molecule has 3 aliphatic rings. The van der Waals surface area contributed by atoms with E-state index < -0.39 is 0 Å². The third-order valence-corrected chi connectivity index (χ3v) is 7.75. The highest BCUT2D eigenvalue weighted by molar-refractivity contribution is 7.99. The van der Waals surface area contributed by atoms with E-state index >= 15 is 0 Å². The second kappa shape index (κ2) is 9.79. The second-order valence-electron chi connectivity index (χ2n) is 8.89. The van der Waals surface area contributed by atoms with Gasteiger partial charge in [0.1, 0.15) is 5.82 Å². The molecule has 2 saturated heterocycles. The fourth-order valence-corrected chi connectivity index (χ4v) is 5.82. The van der Waals surface area contributed by atoms with Gasteiger partial charge >= 0.3 is 0 Å². The first-order chi connectivity index (χ1) is 15.3. The van der Waals surface area contributed by atoms with Crippen LogP contribution in [0.1, 0.15) is 49.4 Å². The van der Waals surface area contributed by atoms with Gasteiger partial charge in [-0.15, -0.1) is 10.2 Å². The summed E-state index contributed by atoms with van der Waals surface area (Å²) in [5.74, 6) is 4.48. The Morgan fingerprint density at radius 3 is 2.61 bits per heavy atom. The van der Waals surface area contributed by atoms with Crippen molar-refractivity contribution < 1.29 is 9.47 Å². The van der Waals surface area contributed by atoms with Gasteiger partial charge in [-0.25, -0.2) is 0 Å². The van der Waals surface area contributed by atoms with Crippen molar-refractivity contribution in [1.82, 2.24) is 24.6 Å². The average Bonchev–Trinajstić information content (AvgIpc) is 3.42. The Balaban J connectivity index is 1.10. The number of ether oxygens (including phenoxy) is 2. The third-order valence-electron chi connectivity index (χ3n) is 6.75. The zero-order valence-corrected chi connectivity index (χ0v) is 19.3. The van der Waals surface area contributed by atoms with E-state index in [1.54, 1.807) is 0 Å². The number of piperidine rings is 2. The average molecular weight is 444 g/mol. The third kappa shape index (κ3) is 5.02. The van der Waals surface area contributed by atoms with Gasteiger partial charge in [-0.1, -0.05) is 24.2 Å². The fraction of sp³-hybridized carbons (Fsp3) is 0.652. The molecule has 1 aromatic carbocycles. The van der Waals surface area contributed by atoms with Crippen LogP contribution in [0.15, 0.2) is 23.4 Å². The lowest BCUT2D eigenvalue weighted by atomic mass is 9.95. The highest BCUT2D eigenvalue weighted by Gasteiger charge is 2.26. The van der Waals surface area contributed by atoms with Crippen LogP contribution in [0.4, 0.5) is 0 Å². The van der Waals surface area contributed by atoms with Gasteiger partial charge in [-0.05, 0) is 69.6 Å². The molecule has 7 nitrogen and oxygen atoms in total. The Morgan fingerprint density at radius 1 is 0.968 bits per heavy atom. The molecule has 0 unspecified atom stereocenters. The number of aromatic nitrogens is 3. The summed E-state index contributed by atoms with van der Waals surface area (Å²) >= 11 is 1.85. The van der Waals surface area contributed by atoms with Gasteiger partial charge in [0.15, 0.2) is 16.7 Å². The lowest BCUT2D eigenvalue weighted by Gasteiger charge is -2.31. The van der Waals surface area contributed by atoms with E-state index in [1.165, 1.54) is 37.9 Å². The van der Waals surface area contributed by atoms with E-state index in [2.05, 4.69) is 43.7 Å². The zero-order valence-electron chi connectivity index (χ0n) is 18.5. The predicted octanol–water partition coefficient (Wildman–Crippen LogP) is 3.50. The first kappa shape index (κ1) is 21.1. The summed E-state index contributed by atoms with van der Waals surface area (Å²) < 4.78 is 13.2. The van der Waals surface area contributed by atoms with E-state index in [-0.39, 0.29) is 0 Å². The Labute approximate surface area is 189 Å². The van der Waals surface area contributed by atoms with E-state index in [4.69, 9.17) is 9.47 Å². The van der Waals surface area contributed by atoms with Crippen LogP contribution in [0.25, 0.3) is 0 Å². The van der Waals surface area contributed by atoms with Gasteiger partial charge in [0.05, 0.1) is 0 Å². The van der Waals surface area contributed by atoms with Crippen LogP contribution >= 0.6 is 11.8 Å². The highest BCUT2D eigenvalue weighted by atomic mass is 32.2. The zero-order chi connectivity index (χ0) is 21.0. The molecule has 0 radical (unpaired) electrons. The second-order valence-corrected chi connectivity index (χ2v) is 9.95. The number of thioether (sulfide) groups is 1. The Morgan fingerprint density at radius 2 is 1.77 bits per heavy atom. The molecular weight excluding hydrogens is 410 g/mol. The minimum Gasteiger partial charge on any atom is -0.454 e. The van der Waals surface area contributed by atoms with Crippen LogP contribution < -0.4 is 9.47 Å². The van der Waals surface area contributed by atoms with Crippen molar-refractivity contribution in [2.24, 2.45) is 7.05 Å². The summed E-state index contributed by atoms with van der Waals surface area (Å²) in [6.07, 6.45) is 6.37. The number of benzene rings is 1. The van der Waals surface area contributed by atoms with E-state index in [0.29, 0.717) is 12.7 Å². The van der Waals surface area contributed by atoms with E-state index in [0.717, 1.165) is 67.3 Å². The monoisotopic (exact) mass is 443 g/mol. The number of fused-ring (bicyclic) bond motifs is 1. The summed E-state index contributed by atoms with van der Waals surface area (Å²) in [6, 6.07) is 6.29. The lowest BCUT2D eigenvalue weighted by Crippen LogP contribution is -2.33. The van der Waals surface area contributed by atoms with Gasteiger partial charge in [0, 0.05) is 31.8 Å². The van der Waals surface area contributed by atoms with Crippen molar-refractivity contribution in [1.29, 1.82) is 0 Å². The molecule has 0 aliphatic carbocycles. The highest BCUT2D eigenvalue weighted by Crippen LogP contribution is 2.34. The maximum Gasteiger partial charge on any atom is 0.231 e. The van der Waals surface area contributed by atoms with Gasteiger partial charge in [0.2, 0.25) is 6.79 Å². The molecule has 4 heterocycles. The molecule has 0 amide bonds. The van der Waals surface area contributed by atoms with Crippen LogP contribution in [-0.2, 0) is 13.6 Å². The van der Waals surface area contributed by atoms with Crippen LogP contribution in [0, 0.1) is 0 Å². The predicted molar refractivity (Wildman–Crippen MR) is 122 cm³/mol. The largest absolute Gasteiger partial charge is 0.454 e. The molecule has 31 heavy (non-hydrogen) atoms. The van der Waals surface area contributed by atoms with Gasteiger partial charge in [-0.2, -0.15) is 0 Å². The van der Waals surface area contributed by atoms with Crippen LogP contribution in [0.5, 0.6) is 11.5 Å². The van der Waals surface area contributed by atoms with Crippen molar-refractivity contribution in [3.8, 4) is 11.5 Å². The molecule has 168 valence electrons. The molecule has 5 rings (SSSR count). The van der Waals surface area contributed by atoms with E-state index in [1.807, 2.05) is 17.8 Å². The molecule has 1 aromatic heterocycles. The Kier molecular flexibility index (Phi) is 6.66. The molecule has 8 heteroatoms. The molecule has 3 aliphatic heterocycles. The fourth-order valence-electron chi connectivity index (χ4n) is 4.90. The molecule has 0 saturated carbocycles. The standard InChI is InChI=1S/C23H33N5O2S/c1-26-22(24-25-23(26)31-14-13-27-9-3-2-4-10-27)19-7-11-28(12-8-19)16-18-5-6-20-21(15-18)30-17-29-20/h5-6,15,19H,2-4,7-14,16-17H2,1H3. The summed E-state index contributed by atoms with van der Waals surface area (Å²) in [4.78, 5) is 5.11. The van der Waals surface area contributed by atoms with Crippen molar-refractivity contribution in [2.45, 2.75) is 49.7 Å². The molecule has 0 bridgehead atoms. The maximum atomic E-state index is 5.52. The van der Waals surface area contributed by atoms with Crippen LogP contribution in [0.2, 0.25) is 0 Å². The van der Waals surface area contributed by atoms with Gasteiger partial charge < -0.3 is 18.9 Å². The van der Waals surface area contributed by atoms with Crippen molar-refractivity contribution in [2.75, 3.05) is 45.3 Å². The van der Waals surface area contributed by atoms with Gasteiger partial charge in [0.25, 0.3) is 0 Å². The van der Waals surface area contributed by atoms with Crippen LogP contribution in [-0.4, -0.2) is 69.8 Å². The number of likely N-dealkylation sites (tertiary alicyclic amines) is 2. The van der Waals surface area contributed by atoms with Crippen molar-refractivity contribution >= 4 is 11.8 Å². The molecule has 2 fully saturated rings. The number of hydrogen-bond acceptors (Lipinski definition) is 7. The maximum absolute atomic E-state index is 5.52. The minimum absolute atomic E-state index is 0.334. The van der Waals surface area contributed by atoms with Gasteiger partial charge in [-0.3, -0.25) is 4.90 Å². The normalized spacial score (nSPS) is 20.4. The SMILES string of the molecule is Cn1c(SCCN2CCCCC2)nnc1C1CCN(Cc2ccc3c(c2)OCO3)CC1. The summed E-state index contributed by atoms with van der Waals surface area (Å²) in [6.45, 7) is 7.14. The number of rotatable bonds is 7. The number of hydrogen-bond donors (Lipinski definition) is 0. The van der Waals surface area contributed by atoms with Crippen LogP contribution in [0.3, 0.4) is 0 Å². The minimum atomic E-state index is 0.334. The smallest absolute Gasteiger partial charge is 0.231 e. The lowest BCUT2D eigenvalue weighted by molar-refractivity contribution is 0.173. The Bertz CT molecular complexity index is 875. The van der Waals surface area contributed by atoms with Crippen molar-refractivity contribution in [3.63, 3.8) is 0 Å². The number of nitrogens with zero attached hydrogens (tertiary/aromatic N) is 5. The molecule has 2 aromatic rings. The summed E-state index contributed by atoms with van der Waals surface area (Å²) in [5.41, 5.74) is 1.29. The first-order valence-electron chi connectivity index (χ1n) is 11.6. The summed E-state index contributed by atoms with van der Waals surface area (Å²) in [7, 11) is 2.14. The quantitative estimate of drug-likeness (QED) is 0.607. The summed E-state index contributed by atoms with van der Waals surface area (Å²) in [5, 5.41) is 10.2.